The van der Waals surface area contributed by atoms with Crippen molar-refractivity contribution in [3.05, 3.63) is 77.7 Å². The highest BCUT2D eigenvalue weighted by Gasteiger charge is 2.32. The molecule has 136 valence electrons. The molecule has 2 heterocycles. The van der Waals surface area contributed by atoms with Crippen molar-refractivity contribution in [2.75, 3.05) is 16.8 Å². The van der Waals surface area contributed by atoms with E-state index in [1.807, 2.05) is 72.3 Å². The fraction of sp³-hybridized carbons (Fsp3) is 0.227. The van der Waals surface area contributed by atoms with E-state index in [-0.39, 0.29) is 11.9 Å². The number of rotatable bonds is 3. The minimum absolute atomic E-state index is 0.0827. The van der Waals surface area contributed by atoms with Crippen LogP contribution in [0.15, 0.2) is 60.7 Å². The summed E-state index contributed by atoms with van der Waals surface area (Å²) in [6, 6.07) is 19.9. The number of aryl methyl sites for hydroxylation is 1. The Kier molecular flexibility index (Phi) is 4.36. The molecule has 1 aliphatic heterocycles. The van der Waals surface area contributed by atoms with Gasteiger partial charge in [-0.3, -0.25) is 4.79 Å². The number of amides is 1. The normalized spacial score (nSPS) is 15.5. The number of fused-ring (bicyclic) bond motifs is 1. The molecular formula is C22H22N4O. The third kappa shape index (κ3) is 3.16. The summed E-state index contributed by atoms with van der Waals surface area (Å²) in [5.41, 5.74) is 3.60. The molecule has 4 rings (SSSR count). The minimum Gasteiger partial charge on any atom is -0.329 e. The zero-order chi connectivity index (χ0) is 19.0. The van der Waals surface area contributed by atoms with Crippen LogP contribution in [-0.2, 0) is 6.42 Å². The second-order valence-electron chi connectivity index (χ2n) is 6.91. The molecule has 2 aromatic carbocycles. The van der Waals surface area contributed by atoms with E-state index in [1.54, 1.807) is 6.07 Å². The van der Waals surface area contributed by atoms with Crippen LogP contribution in [0.2, 0.25) is 0 Å². The largest absolute Gasteiger partial charge is 0.329 e. The molecule has 1 unspecified atom stereocenters. The van der Waals surface area contributed by atoms with Gasteiger partial charge < -0.3 is 9.80 Å². The van der Waals surface area contributed by atoms with E-state index in [0.717, 1.165) is 17.8 Å². The SMILES string of the molecule is Cc1nc(C(=O)N2c3ccccc3CC2C)cc(N(C)c2ccccc2)n1. The Balaban J connectivity index is 1.70. The Morgan fingerprint density at radius 1 is 1.07 bits per heavy atom. The maximum absolute atomic E-state index is 13.3. The predicted octanol–water partition coefficient (Wildman–Crippen LogP) is 4.14. The first-order chi connectivity index (χ1) is 13.0. The fourth-order valence-corrected chi connectivity index (χ4v) is 3.62. The van der Waals surface area contributed by atoms with Crippen molar-refractivity contribution < 1.29 is 4.79 Å². The monoisotopic (exact) mass is 358 g/mol. The molecule has 0 N–H and O–H groups in total. The highest BCUT2D eigenvalue weighted by molar-refractivity contribution is 6.07. The van der Waals surface area contributed by atoms with Crippen LogP contribution in [0.4, 0.5) is 17.2 Å². The molecule has 0 saturated heterocycles. The van der Waals surface area contributed by atoms with Gasteiger partial charge in [-0.05, 0) is 44.0 Å². The van der Waals surface area contributed by atoms with E-state index < -0.39 is 0 Å². The summed E-state index contributed by atoms with van der Waals surface area (Å²) in [5, 5.41) is 0. The predicted molar refractivity (Wildman–Crippen MR) is 108 cm³/mol. The standard InChI is InChI=1S/C22H22N4O/c1-15-13-17-9-7-8-12-20(17)26(15)22(27)19-14-21(24-16(2)23-19)25(3)18-10-5-4-6-11-18/h4-12,14-15H,13H2,1-3H3. The van der Waals surface area contributed by atoms with E-state index in [0.29, 0.717) is 17.3 Å². The Labute approximate surface area is 159 Å². The van der Waals surface area contributed by atoms with Crippen molar-refractivity contribution in [3.63, 3.8) is 0 Å². The van der Waals surface area contributed by atoms with E-state index >= 15 is 0 Å². The lowest BCUT2D eigenvalue weighted by molar-refractivity contribution is 0.0976. The number of benzene rings is 2. The van der Waals surface area contributed by atoms with Crippen molar-refractivity contribution >= 4 is 23.1 Å². The maximum atomic E-state index is 13.3. The van der Waals surface area contributed by atoms with E-state index in [2.05, 4.69) is 23.0 Å². The van der Waals surface area contributed by atoms with Gasteiger partial charge in [0.2, 0.25) is 0 Å². The molecule has 1 aliphatic rings. The molecule has 1 atom stereocenters. The molecule has 1 amide bonds. The first kappa shape index (κ1) is 17.2. The number of hydrogen-bond acceptors (Lipinski definition) is 4. The van der Waals surface area contributed by atoms with Crippen molar-refractivity contribution in [3.8, 4) is 0 Å². The van der Waals surface area contributed by atoms with Crippen LogP contribution < -0.4 is 9.80 Å². The summed E-state index contributed by atoms with van der Waals surface area (Å²) in [6.07, 6.45) is 0.864. The van der Waals surface area contributed by atoms with Crippen LogP contribution >= 0.6 is 0 Å². The quantitative estimate of drug-likeness (QED) is 0.706. The lowest BCUT2D eigenvalue weighted by Gasteiger charge is -2.24. The lowest BCUT2D eigenvalue weighted by atomic mass is 10.1. The second kappa shape index (κ2) is 6.83. The number of para-hydroxylation sites is 2. The third-order valence-corrected chi connectivity index (χ3v) is 4.96. The van der Waals surface area contributed by atoms with Gasteiger partial charge in [-0.15, -0.1) is 0 Å². The van der Waals surface area contributed by atoms with Gasteiger partial charge in [-0.25, -0.2) is 9.97 Å². The highest BCUT2D eigenvalue weighted by Crippen LogP contribution is 2.33. The number of carbonyl (C=O) groups is 1. The smallest absolute Gasteiger partial charge is 0.277 e. The van der Waals surface area contributed by atoms with E-state index in [9.17, 15) is 4.79 Å². The summed E-state index contributed by atoms with van der Waals surface area (Å²) >= 11 is 0. The first-order valence-corrected chi connectivity index (χ1v) is 9.10. The van der Waals surface area contributed by atoms with Gasteiger partial charge in [0, 0.05) is 30.5 Å². The number of aromatic nitrogens is 2. The van der Waals surface area contributed by atoms with Crippen molar-refractivity contribution in [1.29, 1.82) is 0 Å². The summed E-state index contributed by atoms with van der Waals surface area (Å²) in [4.78, 5) is 26.1. The third-order valence-electron chi connectivity index (χ3n) is 4.96. The molecule has 3 aromatic rings. The van der Waals surface area contributed by atoms with Crippen molar-refractivity contribution in [2.45, 2.75) is 26.3 Å². The molecule has 1 aromatic heterocycles. The van der Waals surface area contributed by atoms with Crippen LogP contribution in [0, 0.1) is 6.92 Å². The molecule has 5 heteroatoms. The van der Waals surface area contributed by atoms with Gasteiger partial charge in [0.25, 0.3) is 5.91 Å². The Morgan fingerprint density at radius 2 is 1.78 bits per heavy atom. The fourth-order valence-electron chi connectivity index (χ4n) is 3.62. The Bertz CT molecular complexity index is 987. The summed E-state index contributed by atoms with van der Waals surface area (Å²) in [7, 11) is 1.94. The molecule has 0 aliphatic carbocycles. The molecule has 0 radical (unpaired) electrons. The molecule has 0 bridgehead atoms. The van der Waals surface area contributed by atoms with Crippen LogP contribution in [0.3, 0.4) is 0 Å². The topological polar surface area (TPSA) is 49.3 Å². The lowest BCUT2D eigenvalue weighted by Crippen LogP contribution is -2.36. The van der Waals surface area contributed by atoms with Crippen LogP contribution in [-0.4, -0.2) is 29.0 Å². The Morgan fingerprint density at radius 3 is 2.56 bits per heavy atom. The number of hydrogen-bond donors (Lipinski definition) is 0. The summed E-state index contributed by atoms with van der Waals surface area (Å²) in [6.45, 7) is 3.89. The zero-order valence-electron chi connectivity index (χ0n) is 15.8. The molecule has 0 fully saturated rings. The average molecular weight is 358 g/mol. The number of anilines is 3. The van der Waals surface area contributed by atoms with Crippen LogP contribution in [0.5, 0.6) is 0 Å². The molecule has 0 spiro atoms. The van der Waals surface area contributed by atoms with Crippen LogP contribution in [0.25, 0.3) is 0 Å². The highest BCUT2D eigenvalue weighted by atomic mass is 16.2. The zero-order valence-corrected chi connectivity index (χ0v) is 15.8. The second-order valence-corrected chi connectivity index (χ2v) is 6.91. The molecule has 0 saturated carbocycles. The molecule has 5 nitrogen and oxygen atoms in total. The number of carbonyl (C=O) groups excluding carboxylic acids is 1. The summed E-state index contributed by atoms with van der Waals surface area (Å²) < 4.78 is 0. The number of nitrogens with zero attached hydrogens (tertiary/aromatic N) is 4. The maximum Gasteiger partial charge on any atom is 0.277 e. The molecule has 27 heavy (non-hydrogen) atoms. The van der Waals surface area contributed by atoms with Gasteiger partial charge in [0.05, 0.1) is 0 Å². The van der Waals surface area contributed by atoms with Crippen LogP contribution in [0.1, 0.15) is 28.8 Å². The molecular weight excluding hydrogens is 336 g/mol. The summed E-state index contributed by atoms with van der Waals surface area (Å²) in [5.74, 6) is 1.21. The first-order valence-electron chi connectivity index (χ1n) is 9.10. The van der Waals surface area contributed by atoms with Gasteiger partial charge in [-0.2, -0.15) is 0 Å². The van der Waals surface area contributed by atoms with Gasteiger partial charge in [0.15, 0.2) is 0 Å². The average Bonchev–Trinajstić information content (AvgIpc) is 3.02. The van der Waals surface area contributed by atoms with Gasteiger partial charge in [0.1, 0.15) is 17.3 Å². The van der Waals surface area contributed by atoms with Crippen molar-refractivity contribution in [1.82, 2.24) is 9.97 Å². The minimum atomic E-state index is -0.0827. The Hall–Kier alpha value is -3.21. The van der Waals surface area contributed by atoms with E-state index in [1.165, 1.54) is 5.56 Å². The van der Waals surface area contributed by atoms with E-state index in [4.69, 9.17) is 0 Å². The van der Waals surface area contributed by atoms with Crippen molar-refractivity contribution in [2.24, 2.45) is 0 Å². The van der Waals surface area contributed by atoms with Gasteiger partial charge >= 0.3 is 0 Å². The van der Waals surface area contributed by atoms with Gasteiger partial charge in [-0.1, -0.05) is 36.4 Å².